The van der Waals surface area contributed by atoms with E-state index in [1.165, 1.54) is 25.4 Å². The van der Waals surface area contributed by atoms with E-state index in [0.29, 0.717) is 34.9 Å². The van der Waals surface area contributed by atoms with E-state index in [4.69, 9.17) is 35.3 Å². The number of aromatic amines is 1. The summed E-state index contributed by atoms with van der Waals surface area (Å²) < 4.78 is 31.8. The first-order chi connectivity index (χ1) is 19.2. The fourth-order valence-corrected chi connectivity index (χ4v) is 3.89. The Kier molecular flexibility index (Phi) is 8.39. The number of aromatic nitrogens is 4. The number of ether oxygens (including phenoxy) is 3. The average Bonchev–Trinajstić information content (AvgIpc) is 3.32. The van der Waals surface area contributed by atoms with Gasteiger partial charge in [-0.05, 0) is 54.1 Å². The van der Waals surface area contributed by atoms with Crippen LogP contribution in [0.4, 0.5) is 10.1 Å². The molecule has 0 bridgehead atoms. The van der Waals surface area contributed by atoms with Gasteiger partial charge in [-0.3, -0.25) is 15.2 Å². The molecule has 0 spiro atoms. The molecule has 4 aromatic rings. The molecule has 6 N–H and O–H groups in total. The summed E-state index contributed by atoms with van der Waals surface area (Å²) >= 11 is 0. The van der Waals surface area contributed by atoms with Crippen LogP contribution in [0.3, 0.4) is 0 Å². The largest absolute Gasteiger partial charge is 0.493 e. The quantitative estimate of drug-likeness (QED) is 0.168. The number of carbonyl (C=O) groups is 1. The molecule has 1 atom stereocenters. The summed E-state index contributed by atoms with van der Waals surface area (Å²) in [6.07, 6.45) is 1.37. The maximum atomic E-state index is 14.4. The Bertz CT molecular complexity index is 1560. The first-order valence-electron chi connectivity index (χ1n) is 11.8. The van der Waals surface area contributed by atoms with Gasteiger partial charge in [-0.15, -0.1) is 5.10 Å². The van der Waals surface area contributed by atoms with Gasteiger partial charge in [-0.25, -0.2) is 14.2 Å². The van der Waals surface area contributed by atoms with Gasteiger partial charge in [0.1, 0.15) is 11.9 Å². The molecule has 2 aromatic heterocycles. The zero-order valence-corrected chi connectivity index (χ0v) is 21.5. The third-order valence-corrected chi connectivity index (χ3v) is 5.61. The summed E-state index contributed by atoms with van der Waals surface area (Å²) in [7, 11) is 1.53. The number of amidine groups is 1. The standard InChI is InChI=1S/C24H22FN7O4.C2H4O2/c1-34-18-10-14(9-15-11-35-12-36-20(15)18)19(29-16-6-4-13(5-7-16)21(26)27)22-30-24(33)32(31-22)23-17(25)3-2-8-28-23;1-2(3)4/h2-10,19,29H,11-12H2,1H3,(H3,26,27)(H,30,31,33);1H3,(H,3,4). The molecule has 13 nitrogen and oxygen atoms in total. The fourth-order valence-electron chi connectivity index (χ4n) is 3.89. The van der Waals surface area contributed by atoms with Crippen molar-refractivity contribution in [1.82, 2.24) is 19.7 Å². The number of pyridine rings is 1. The predicted molar refractivity (Wildman–Crippen MR) is 141 cm³/mol. The topological polar surface area (TPSA) is 190 Å². The van der Waals surface area contributed by atoms with E-state index in [1.54, 1.807) is 30.3 Å². The highest BCUT2D eigenvalue weighted by atomic mass is 19.1. The number of halogens is 1. The molecular formula is C26H26FN7O6. The van der Waals surface area contributed by atoms with Gasteiger partial charge >= 0.3 is 5.69 Å². The van der Waals surface area contributed by atoms with Crippen LogP contribution in [-0.4, -0.2) is 50.6 Å². The Labute approximate surface area is 226 Å². The number of nitrogens with zero attached hydrogens (tertiary/aromatic N) is 3. The molecule has 0 fully saturated rings. The van der Waals surface area contributed by atoms with E-state index >= 15 is 0 Å². The van der Waals surface area contributed by atoms with E-state index in [9.17, 15) is 9.18 Å². The molecule has 208 valence electrons. The molecule has 1 aliphatic rings. The van der Waals surface area contributed by atoms with Crippen molar-refractivity contribution in [2.45, 2.75) is 19.6 Å². The van der Waals surface area contributed by atoms with Crippen LogP contribution in [0.5, 0.6) is 11.5 Å². The normalized spacial score (nSPS) is 12.7. The number of hydrogen-bond acceptors (Lipinski definition) is 9. The van der Waals surface area contributed by atoms with Crippen LogP contribution < -0.4 is 26.2 Å². The number of nitrogens with one attached hydrogen (secondary N) is 3. The van der Waals surface area contributed by atoms with Gasteiger partial charge < -0.3 is 30.4 Å². The number of hydrogen-bond donors (Lipinski definition) is 5. The molecule has 0 radical (unpaired) electrons. The van der Waals surface area contributed by atoms with E-state index in [1.807, 2.05) is 6.07 Å². The van der Waals surface area contributed by atoms with Crippen molar-refractivity contribution in [2.75, 3.05) is 19.2 Å². The minimum absolute atomic E-state index is 0.0574. The van der Waals surface area contributed by atoms with Crippen molar-refractivity contribution in [3.8, 4) is 17.3 Å². The van der Waals surface area contributed by atoms with Crippen LogP contribution >= 0.6 is 0 Å². The maximum Gasteiger partial charge on any atom is 0.349 e. The number of fused-ring (bicyclic) bond motifs is 1. The number of aliphatic carboxylic acids is 1. The lowest BCUT2D eigenvalue weighted by Gasteiger charge is -2.24. The fraction of sp³-hybridized carbons (Fsp3) is 0.192. The minimum Gasteiger partial charge on any atom is -0.493 e. The molecule has 1 aliphatic heterocycles. The molecule has 40 heavy (non-hydrogen) atoms. The van der Waals surface area contributed by atoms with Crippen LogP contribution in [0.15, 0.2) is 59.5 Å². The monoisotopic (exact) mass is 551 g/mol. The molecule has 0 saturated heterocycles. The second-order valence-corrected chi connectivity index (χ2v) is 8.45. The Hall–Kier alpha value is -5.24. The predicted octanol–water partition coefficient (Wildman–Crippen LogP) is 2.55. The van der Waals surface area contributed by atoms with Crippen molar-refractivity contribution in [3.63, 3.8) is 0 Å². The van der Waals surface area contributed by atoms with Crippen molar-refractivity contribution >= 4 is 17.5 Å². The second-order valence-electron chi connectivity index (χ2n) is 8.45. The lowest BCUT2D eigenvalue weighted by atomic mass is 10.0. The van der Waals surface area contributed by atoms with Crippen LogP contribution in [0.2, 0.25) is 0 Å². The second kappa shape index (κ2) is 12.1. The smallest absolute Gasteiger partial charge is 0.349 e. The number of benzene rings is 2. The van der Waals surface area contributed by atoms with E-state index in [2.05, 4.69) is 20.4 Å². The summed E-state index contributed by atoms with van der Waals surface area (Å²) in [5.41, 5.74) is 7.57. The Morgan fingerprint density at radius 3 is 2.67 bits per heavy atom. The Morgan fingerprint density at radius 2 is 2.02 bits per heavy atom. The van der Waals surface area contributed by atoms with Gasteiger partial charge in [-0.1, -0.05) is 0 Å². The highest BCUT2D eigenvalue weighted by molar-refractivity contribution is 5.95. The summed E-state index contributed by atoms with van der Waals surface area (Å²) in [5, 5.41) is 22.7. The number of anilines is 1. The summed E-state index contributed by atoms with van der Waals surface area (Å²) in [6.45, 7) is 1.50. The zero-order valence-electron chi connectivity index (χ0n) is 21.5. The minimum atomic E-state index is -0.833. The van der Waals surface area contributed by atoms with Crippen LogP contribution in [0.25, 0.3) is 5.82 Å². The maximum absolute atomic E-state index is 14.4. The molecular weight excluding hydrogens is 525 g/mol. The molecule has 0 saturated carbocycles. The number of carboxylic acid groups (broad SMARTS) is 1. The summed E-state index contributed by atoms with van der Waals surface area (Å²) in [6, 6.07) is 12.4. The number of nitrogens with two attached hydrogens (primary N) is 1. The van der Waals surface area contributed by atoms with Crippen molar-refractivity contribution in [3.05, 3.63) is 93.5 Å². The average molecular weight is 552 g/mol. The number of rotatable bonds is 7. The number of methoxy groups -OCH3 is 1. The molecule has 3 heterocycles. The SMILES string of the molecule is CC(=O)O.COc1cc(C(Nc2ccc(C(=N)N)cc2)c2nn(-c3ncccc3F)c(=O)[nH]2)cc2c1OCOC2. The molecule has 0 amide bonds. The van der Waals surface area contributed by atoms with Gasteiger partial charge in [0.2, 0.25) is 0 Å². The first kappa shape index (κ1) is 27.8. The Morgan fingerprint density at radius 1 is 1.30 bits per heavy atom. The van der Waals surface area contributed by atoms with E-state index < -0.39 is 23.5 Å². The number of H-pyrrole nitrogens is 1. The van der Waals surface area contributed by atoms with Crippen LogP contribution in [0.1, 0.15) is 35.5 Å². The van der Waals surface area contributed by atoms with E-state index in [0.717, 1.165) is 17.2 Å². The highest BCUT2D eigenvalue weighted by Crippen LogP contribution is 2.38. The lowest BCUT2D eigenvalue weighted by Crippen LogP contribution is -2.18. The van der Waals surface area contributed by atoms with Gasteiger partial charge in [0.25, 0.3) is 5.97 Å². The third kappa shape index (κ3) is 6.24. The van der Waals surface area contributed by atoms with Gasteiger partial charge in [0.15, 0.2) is 35.8 Å². The van der Waals surface area contributed by atoms with Crippen LogP contribution in [0, 0.1) is 11.2 Å². The molecule has 2 aromatic carbocycles. The summed E-state index contributed by atoms with van der Waals surface area (Å²) in [4.78, 5) is 28.4. The van der Waals surface area contributed by atoms with Crippen LogP contribution in [-0.2, 0) is 16.1 Å². The number of nitrogen functional groups attached to an aromatic ring is 1. The Balaban J connectivity index is 0.000000867. The van der Waals surface area contributed by atoms with Gasteiger partial charge in [-0.2, -0.15) is 4.68 Å². The zero-order chi connectivity index (χ0) is 28.8. The van der Waals surface area contributed by atoms with Gasteiger partial charge in [0.05, 0.1) is 13.7 Å². The lowest BCUT2D eigenvalue weighted by molar-refractivity contribution is -0.134. The van der Waals surface area contributed by atoms with E-state index in [-0.39, 0.29) is 24.3 Å². The van der Waals surface area contributed by atoms with Crippen molar-refractivity contribution in [1.29, 1.82) is 5.41 Å². The van der Waals surface area contributed by atoms with Gasteiger partial charge in [0, 0.05) is 29.9 Å². The highest BCUT2D eigenvalue weighted by Gasteiger charge is 2.26. The molecule has 5 rings (SSSR count). The third-order valence-electron chi connectivity index (χ3n) is 5.61. The van der Waals surface area contributed by atoms with Crippen molar-refractivity contribution < 1.29 is 28.5 Å². The molecule has 0 aliphatic carbocycles. The summed E-state index contributed by atoms with van der Waals surface area (Å²) in [5.74, 6) is -0.529. The molecule has 1 unspecified atom stereocenters. The first-order valence-corrected chi connectivity index (χ1v) is 11.8. The molecule has 14 heteroatoms. The van der Waals surface area contributed by atoms with Crippen molar-refractivity contribution in [2.24, 2.45) is 5.73 Å². The number of carboxylic acids is 1.